The van der Waals surface area contributed by atoms with E-state index >= 15 is 0 Å². The van der Waals surface area contributed by atoms with Gasteiger partial charge in [0.15, 0.2) is 0 Å². The Balaban J connectivity index is 2.01. The van der Waals surface area contributed by atoms with Gasteiger partial charge in [0.1, 0.15) is 0 Å². The van der Waals surface area contributed by atoms with Gasteiger partial charge in [0.05, 0.1) is 25.0 Å². The summed E-state index contributed by atoms with van der Waals surface area (Å²) in [6.07, 6.45) is 5.87. The van der Waals surface area contributed by atoms with Crippen molar-refractivity contribution in [2.45, 2.75) is 25.8 Å². The molecule has 0 saturated heterocycles. The van der Waals surface area contributed by atoms with E-state index < -0.39 is 0 Å². The van der Waals surface area contributed by atoms with Crippen LogP contribution >= 0.6 is 0 Å². The summed E-state index contributed by atoms with van der Waals surface area (Å²) in [5.41, 5.74) is 2.17. The third-order valence-electron chi connectivity index (χ3n) is 3.16. The van der Waals surface area contributed by atoms with Crippen LogP contribution in [0.25, 0.3) is 0 Å². The molecule has 0 aliphatic carbocycles. The molecule has 2 aromatic rings. The van der Waals surface area contributed by atoms with E-state index in [0.717, 1.165) is 25.1 Å². The van der Waals surface area contributed by atoms with Crippen LogP contribution in [0.15, 0.2) is 24.5 Å². The average molecular weight is 275 g/mol. The predicted molar refractivity (Wildman–Crippen MR) is 76.5 cm³/mol. The quantitative estimate of drug-likeness (QED) is 0.829. The van der Waals surface area contributed by atoms with Crippen LogP contribution in [0.1, 0.15) is 30.6 Å². The van der Waals surface area contributed by atoms with Gasteiger partial charge in [-0.1, -0.05) is 6.92 Å². The van der Waals surface area contributed by atoms with Crippen molar-refractivity contribution >= 4 is 0 Å². The smallest absolute Gasteiger partial charge is 0.233 e. The molecule has 1 unspecified atom stereocenters. The van der Waals surface area contributed by atoms with Gasteiger partial charge in [0, 0.05) is 19.3 Å². The lowest BCUT2D eigenvalue weighted by molar-refractivity contribution is 0.388. The first-order valence-corrected chi connectivity index (χ1v) is 6.81. The molecule has 20 heavy (non-hydrogen) atoms. The maximum absolute atomic E-state index is 5.04. The van der Waals surface area contributed by atoms with Gasteiger partial charge in [-0.2, -0.15) is 10.2 Å². The fourth-order valence-corrected chi connectivity index (χ4v) is 2.14. The largest absolute Gasteiger partial charge is 0.480 e. The van der Waals surface area contributed by atoms with Crippen molar-refractivity contribution in [1.29, 1.82) is 0 Å². The predicted octanol–water partition coefficient (Wildman–Crippen LogP) is 1.50. The molecule has 2 heterocycles. The molecule has 0 spiro atoms. The molecule has 0 aromatic carbocycles. The van der Waals surface area contributed by atoms with Crippen LogP contribution in [-0.2, 0) is 13.5 Å². The summed E-state index contributed by atoms with van der Waals surface area (Å²) >= 11 is 0. The third-order valence-corrected chi connectivity index (χ3v) is 3.16. The van der Waals surface area contributed by atoms with Gasteiger partial charge in [-0.05, 0) is 31.0 Å². The summed E-state index contributed by atoms with van der Waals surface area (Å²) < 4.78 is 6.86. The summed E-state index contributed by atoms with van der Waals surface area (Å²) in [5.74, 6) is 0.538. The zero-order chi connectivity index (χ0) is 14.4. The van der Waals surface area contributed by atoms with Gasteiger partial charge in [-0.25, -0.2) is 0 Å². The number of hydrogen-bond donors (Lipinski definition) is 1. The van der Waals surface area contributed by atoms with Crippen LogP contribution in [0.3, 0.4) is 0 Å². The van der Waals surface area contributed by atoms with Crippen LogP contribution in [-0.4, -0.2) is 33.6 Å². The lowest BCUT2D eigenvalue weighted by Crippen LogP contribution is -2.22. The van der Waals surface area contributed by atoms with Gasteiger partial charge in [0.25, 0.3) is 0 Å². The number of rotatable bonds is 7. The van der Waals surface area contributed by atoms with Crippen molar-refractivity contribution < 1.29 is 4.74 Å². The highest BCUT2D eigenvalue weighted by Crippen LogP contribution is 2.18. The molecule has 6 nitrogen and oxygen atoms in total. The molecule has 2 aromatic heterocycles. The highest BCUT2D eigenvalue weighted by atomic mass is 16.5. The van der Waals surface area contributed by atoms with E-state index in [1.165, 1.54) is 5.56 Å². The van der Waals surface area contributed by atoms with Gasteiger partial charge in [0.2, 0.25) is 5.88 Å². The first-order chi connectivity index (χ1) is 9.72. The maximum Gasteiger partial charge on any atom is 0.233 e. The Morgan fingerprint density at radius 2 is 2.20 bits per heavy atom. The van der Waals surface area contributed by atoms with E-state index in [2.05, 4.69) is 27.5 Å². The van der Waals surface area contributed by atoms with Crippen molar-refractivity contribution in [2.75, 3.05) is 13.7 Å². The number of aryl methyl sites for hydroxylation is 2. The Morgan fingerprint density at radius 1 is 1.35 bits per heavy atom. The standard InChI is InChI=1S/C14H21N5O/c1-4-15-12(6-5-11-9-16-19(2)10-11)13-7-8-14(20-3)18-17-13/h7-10,12,15H,4-6H2,1-3H3. The third kappa shape index (κ3) is 3.77. The lowest BCUT2D eigenvalue weighted by atomic mass is 10.0. The van der Waals surface area contributed by atoms with Gasteiger partial charge in [-0.3, -0.25) is 4.68 Å². The van der Waals surface area contributed by atoms with Gasteiger partial charge < -0.3 is 10.1 Å². The molecule has 2 rings (SSSR count). The molecule has 0 amide bonds. The Kier molecular flexibility index (Phi) is 5.06. The molecule has 1 atom stereocenters. The molecule has 6 heteroatoms. The van der Waals surface area contributed by atoms with Gasteiger partial charge in [-0.15, -0.1) is 5.10 Å². The zero-order valence-corrected chi connectivity index (χ0v) is 12.2. The molecular weight excluding hydrogens is 254 g/mol. The van der Waals surface area contributed by atoms with Crippen LogP contribution in [0, 0.1) is 0 Å². The minimum absolute atomic E-state index is 0.193. The van der Waals surface area contributed by atoms with Crippen LogP contribution < -0.4 is 10.1 Å². The summed E-state index contributed by atoms with van der Waals surface area (Å²) in [6.45, 7) is 2.99. The van der Waals surface area contributed by atoms with Crippen molar-refractivity contribution in [3.05, 3.63) is 35.8 Å². The van der Waals surface area contributed by atoms with Crippen molar-refractivity contribution in [3.63, 3.8) is 0 Å². The summed E-state index contributed by atoms with van der Waals surface area (Å²) in [4.78, 5) is 0. The number of ether oxygens (including phenoxy) is 1. The first kappa shape index (κ1) is 14.5. The Morgan fingerprint density at radius 3 is 2.75 bits per heavy atom. The molecular formula is C14H21N5O. The summed E-state index contributed by atoms with van der Waals surface area (Å²) in [7, 11) is 3.52. The highest BCUT2D eigenvalue weighted by Gasteiger charge is 2.13. The normalized spacial score (nSPS) is 12.3. The molecule has 0 saturated carbocycles. The zero-order valence-electron chi connectivity index (χ0n) is 12.2. The number of hydrogen-bond acceptors (Lipinski definition) is 5. The van der Waals surface area contributed by atoms with Crippen molar-refractivity contribution in [1.82, 2.24) is 25.3 Å². The van der Waals surface area contributed by atoms with Gasteiger partial charge >= 0.3 is 0 Å². The second-order valence-corrected chi connectivity index (χ2v) is 4.67. The topological polar surface area (TPSA) is 64.9 Å². The van der Waals surface area contributed by atoms with E-state index in [0.29, 0.717) is 5.88 Å². The lowest BCUT2D eigenvalue weighted by Gasteiger charge is -2.16. The maximum atomic E-state index is 5.04. The van der Waals surface area contributed by atoms with Crippen molar-refractivity contribution in [2.24, 2.45) is 7.05 Å². The van der Waals surface area contributed by atoms with Crippen molar-refractivity contribution in [3.8, 4) is 5.88 Å². The molecule has 0 aliphatic heterocycles. The fourth-order valence-electron chi connectivity index (χ4n) is 2.14. The molecule has 0 bridgehead atoms. The number of nitrogens with one attached hydrogen (secondary N) is 1. The SMILES string of the molecule is CCNC(CCc1cnn(C)c1)c1ccc(OC)nn1. The molecule has 1 N–H and O–H groups in total. The molecule has 0 fully saturated rings. The second kappa shape index (κ2) is 7.00. The second-order valence-electron chi connectivity index (χ2n) is 4.67. The molecule has 0 radical (unpaired) electrons. The van der Waals surface area contributed by atoms with Crippen LogP contribution in [0.2, 0.25) is 0 Å². The highest BCUT2D eigenvalue weighted by molar-refractivity contribution is 5.15. The van der Waals surface area contributed by atoms with E-state index in [9.17, 15) is 0 Å². The Hall–Kier alpha value is -1.95. The minimum atomic E-state index is 0.193. The number of methoxy groups -OCH3 is 1. The number of nitrogens with zero attached hydrogens (tertiary/aromatic N) is 4. The van der Waals surface area contributed by atoms with Crippen LogP contribution in [0.5, 0.6) is 5.88 Å². The van der Waals surface area contributed by atoms with E-state index in [1.54, 1.807) is 7.11 Å². The van der Waals surface area contributed by atoms with E-state index in [4.69, 9.17) is 4.74 Å². The minimum Gasteiger partial charge on any atom is -0.480 e. The fraction of sp³-hybridized carbons (Fsp3) is 0.500. The average Bonchev–Trinajstić information content (AvgIpc) is 2.89. The molecule has 108 valence electrons. The van der Waals surface area contributed by atoms with E-state index in [1.807, 2.05) is 36.3 Å². The summed E-state index contributed by atoms with van der Waals surface area (Å²) in [5, 5.41) is 15.9. The number of aromatic nitrogens is 4. The summed E-state index contributed by atoms with van der Waals surface area (Å²) in [6, 6.07) is 4.00. The Bertz CT molecular complexity index is 523. The first-order valence-electron chi connectivity index (χ1n) is 6.81. The van der Waals surface area contributed by atoms with Crippen LogP contribution in [0.4, 0.5) is 0 Å². The monoisotopic (exact) mass is 275 g/mol. The Labute approximate surface area is 119 Å². The molecule has 0 aliphatic rings. The van der Waals surface area contributed by atoms with E-state index in [-0.39, 0.29) is 6.04 Å².